The van der Waals surface area contributed by atoms with E-state index < -0.39 is 23.5 Å². The molecule has 0 radical (unpaired) electrons. The third-order valence-electron chi connectivity index (χ3n) is 2.58. The van der Waals surface area contributed by atoms with Gasteiger partial charge in [0.15, 0.2) is 0 Å². The van der Waals surface area contributed by atoms with Crippen molar-refractivity contribution in [2.75, 3.05) is 0 Å². The maximum absolute atomic E-state index is 13.0. The zero-order valence-electron chi connectivity index (χ0n) is 10.3. The molecule has 21 heavy (non-hydrogen) atoms. The van der Waals surface area contributed by atoms with E-state index in [2.05, 4.69) is 0 Å². The van der Waals surface area contributed by atoms with Crippen molar-refractivity contribution in [3.63, 3.8) is 0 Å². The molecule has 0 heterocycles. The number of hydrogen-bond acceptors (Lipinski definition) is 2. The summed E-state index contributed by atoms with van der Waals surface area (Å²) in [7, 11) is 0. The van der Waals surface area contributed by atoms with E-state index in [4.69, 9.17) is 5.11 Å². The molecule has 0 aromatic heterocycles. The Morgan fingerprint density at radius 3 is 2.19 bits per heavy atom. The van der Waals surface area contributed by atoms with E-state index in [-0.39, 0.29) is 10.5 Å². The van der Waals surface area contributed by atoms with Gasteiger partial charge in [0, 0.05) is 9.79 Å². The Hall–Kier alpha value is -2.02. The van der Waals surface area contributed by atoms with E-state index in [9.17, 15) is 22.4 Å². The number of benzene rings is 2. The van der Waals surface area contributed by atoms with Crippen LogP contribution in [-0.4, -0.2) is 11.1 Å². The van der Waals surface area contributed by atoms with Crippen LogP contribution in [-0.2, 0) is 6.18 Å². The zero-order chi connectivity index (χ0) is 15.6. The third kappa shape index (κ3) is 3.75. The second-order valence-corrected chi connectivity index (χ2v) is 5.19. The van der Waals surface area contributed by atoms with Gasteiger partial charge in [0.1, 0.15) is 5.82 Å². The van der Waals surface area contributed by atoms with Crippen LogP contribution in [0.4, 0.5) is 17.6 Å². The summed E-state index contributed by atoms with van der Waals surface area (Å²) in [6.07, 6.45) is -4.43. The molecule has 2 nitrogen and oxygen atoms in total. The maximum atomic E-state index is 13.0. The van der Waals surface area contributed by atoms with Crippen molar-refractivity contribution >= 4 is 17.7 Å². The van der Waals surface area contributed by atoms with Crippen molar-refractivity contribution in [2.24, 2.45) is 0 Å². The lowest BCUT2D eigenvalue weighted by molar-refractivity contribution is -0.137. The van der Waals surface area contributed by atoms with Gasteiger partial charge < -0.3 is 5.11 Å². The first-order valence-corrected chi connectivity index (χ1v) is 6.47. The first-order chi connectivity index (χ1) is 9.77. The van der Waals surface area contributed by atoms with Crippen molar-refractivity contribution in [1.29, 1.82) is 0 Å². The minimum Gasteiger partial charge on any atom is -0.478 e. The highest BCUT2D eigenvalue weighted by atomic mass is 32.2. The van der Waals surface area contributed by atoms with Gasteiger partial charge in [-0.2, -0.15) is 13.2 Å². The Bertz CT molecular complexity index is 666. The summed E-state index contributed by atoms with van der Waals surface area (Å²) in [6.45, 7) is 0. The van der Waals surface area contributed by atoms with Crippen molar-refractivity contribution in [3.05, 3.63) is 59.4 Å². The largest absolute Gasteiger partial charge is 0.478 e. The lowest BCUT2D eigenvalue weighted by Gasteiger charge is -2.09. The molecule has 2 rings (SSSR count). The fourth-order valence-electron chi connectivity index (χ4n) is 1.60. The van der Waals surface area contributed by atoms with Crippen LogP contribution in [0.3, 0.4) is 0 Å². The third-order valence-corrected chi connectivity index (χ3v) is 3.67. The smallest absolute Gasteiger partial charge is 0.416 e. The SMILES string of the molecule is O=C(O)c1cc(F)ccc1Sc1ccc(C(F)(F)F)cc1. The first-order valence-electron chi connectivity index (χ1n) is 5.65. The Kier molecular flexibility index (Phi) is 4.22. The van der Waals surface area contributed by atoms with Gasteiger partial charge in [0.25, 0.3) is 0 Å². The highest BCUT2D eigenvalue weighted by molar-refractivity contribution is 7.99. The van der Waals surface area contributed by atoms with E-state index in [1.165, 1.54) is 18.2 Å². The predicted molar refractivity (Wildman–Crippen MR) is 68.9 cm³/mol. The van der Waals surface area contributed by atoms with E-state index >= 15 is 0 Å². The van der Waals surface area contributed by atoms with Crippen LogP contribution < -0.4 is 0 Å². The summed E-state index contributed by atoms with van der Waals surface area (Å²) >= 11 is 0.956. The summed E-state index contributed by atoms with van der Waals surface area (Å²) in [4.78, 5) is 11.7. The number of carbonyl (C=O) groups is 1. The number of halogens is 4. The van der Waals surface area contributed by atoms with Crippen LogP contribution in [0.2, 0.25) is 0 Å². The summed E-state index contributed by atoms with van der Waals surface area (Å²) in [5.74, 6) is -1.99. The molecule has 7 heteroatoms. The number of carboxylic acids is 1. The van der Waals surface area contributed by atoms with Gasteiger partial charge in [0.2, 0.25) is 0 Å². The molecule has 0 aliphatic rings. The number of carboxylic acid groups (broad SMARTS) is 1. The standard InChI is InChI=1S/C14H8F4O2S/c15-9-3-6-12(11(7-9)13(19)20)21-10-4-1-8(2-5-10)14(16,17)18/h1-7H,(H,19,20). The van der Waals surface area contributed by atoms with E-state index in [0.29, 0.717) is 4.90 Å². The molecule has 1 N–H and O–H groups in total. The van der Waals surface area contributed by atoms with Crippen molar-refractivity contribution in [2.45, 2.75) is 16.0 Å². The fourth-order valence-corrected chi connectivity index (χ4v) is 2.52. The van der Waals surface area contributed by atoms with Gasteiger partial charge in [-0.15, -0.1) is 0 Å². The molecule has 0 aliphatic carbocycles. The normalized spacial score (nSPS) is 11.4. The lowest BCUT2D eigenvalue weighted by Crippen LogP contribution is -2.04. The van der Waals surface area contributed by atoms with Crippen LogP contribution in [0.25, 0.3) is 0 Å². The van der Waals surface area contributed by atoms with Crippen LogP contribution in [0.5, 0.6) is 0 Å². The topological polar surface area (TPSA) is 37.3 Å². The fraction of sp³-hybridized carbons (Fsp3) is 0.0714. The average molecular weight is 316 g/mol. The average Bonchev–Trinajstić information content (AvgIpc) is 2.40. The second-order valence-electron chi connectivity index (χ2n) is 4.07. The summed E-state index contributed by atoms with van der Waals surface area (Å²) < 4.78 is 50.3. The molecule has 0 aliphatic heterocycles. The minimum absolute atomic E-state index is 0.236. The molecule has 2 aromatic carbocycles. The molecule has 0 saturated carbocycles. The second kappa shape index (κ2) is 5.77. The van der Waals surface area contributed by atoms with Crippen molar-refractivity contribution in [1.82, 2.24) is 0 Å². The molecule has 0 atom stereocenters. The van der Waals surface area contributed by atoms with Gasteiger partial charge in [-0.3, -0.25) is 0 Å². The molecule has 0 spiro atoms. The number of hydrogen-bond donors (Lipinski definition) is 1. The summed E-state index contributed by atoms with van der Waals surface area (Å²) in [6, 6.07) is 7.54. The van der Waals surface area contributed by atoms with Crippen LogP contribution in [0.1, 0.15) is 15.9 Å². The van der Waals surface area contributed by atoms with Gasteiger partial charge in [-0.25, -0.2) is 9.18 Å². The van der Waals surface area contributed by atoms with Gasteiger partial charge in [-0.1, -0.05) is 11.8 Å². The number of alkyl halides is 3. The highest BCUT2D eigenvalue weighted by Crippen LogP contribution is 2.34. The van der Waals surface area contributed by atoms with Crippen molar-refractivity contribution in [3.8, 4) is 0 Å². The van der Waals surface area contributed by atoms with Crippen LogP contribution in [0, 0.1) is 5.82 Å². The summed E-state index contributed by atoms with van der Waals surface area (Å²) in [5, 5.41) is 8.99. The molecule has 0 bridgehead atoms. The molecular formula is C14H8F4O2S. The van der Waals surface area contributed by atoms with E-state index in [0.717, 1.165) is 36.0 Å². The van der Waals surface area contributed by atoms with E-state index in [1.54, 1.807) is 0 Å². The molecule has 2 aromatic rings. The van der Waals surface area contributed by atoms with Crippen LogP contribution in [0.15, 0.2) is 52.3 Å². The van der Waals surface area contributed by atoms with Gasteiger partial charge in [0.05, 0.1) is 11.1 Å². The Balaban J connectivity index is 2.28. The lowest BCUT2D eigenvalue weighted by atomic mass is 10.2. The molecule has 110 valence electrons. The molecule has 0 amide bonds. The quantitative estimate of drug-likeness (QED) is 0.834. The summed E-state index contributed by atoms with van der Waals surface area (Å²) in [5.41, 5.74) is -1.02. The maximum Gasteiger partial charge on any atom is 0.416 e. The molecular weight excluding hydrogens is 308 g/mol. The Morgan fingerprint density at radius 1 is 1.05 bits per heavy atom. The zero-order valence-corrected chi connectivity index (χ0v) is 11.1. The molecule has 0 unspecified atom stereocenters. The first kappa shape index (κ1) is 15.4. The molecule has 0 saturated heterocycles. The van der Waals surface area contributed by atoms with Crippen molar-refractivity contribution < 1.29 is 27.5 Å². The van der Waals surface area contributed by atoms with Crippen LogP contribution >= 0.6 is 11.8 Å². The predicted octanol–water partition coefficient (Wildman–Crippen LogP) is 4.69. The highest BCUT2D eigenvalue weighted by Gasteiger charge is 2.30. The number of aromatic carboxylic acids is 1. The minimum atomic E-state index is -4.43. The number of rotatable bonds is 3. The molecule has 0 fully saturated rings. The Morgan fingerprint density at radius 2 is 1.67 bits per heavy atom. The van der Waals surface area contributed by atoms with E-state index in [1.807, 2.05) is 0 Å². The van der Waals surface area contributed by atoms with Gasteiger partial charge in [-0.05, 0) is 42.5 Å². The Labute approximate surface area is 121 Å². The van der Waals surface area contributed by atoms with Gasteiger partial charge >= 0.3 is 12.1 Å². The monoisotopic (exact) mass is 316 g/mol.